The van der Waals surface area contributed by atoms with E-state index in [1.807, 2.05) is 12.1 Å². The van der Waals surface area contributed by atoms with Crippen molar-refractivity contribution in [2.75, 3.05) is 0 Å². The van der Waals surface area contributed by atoms with Gasteiger partial charge in [0.25, 0.3) is 0 Å². The Morgan fingerprint density at radius 3 is 2.17 bits per heavy atom. The van der Waals surface area contributed by atoms with Gasteiger partial charge in [-0.05, 0) is 23.6 Å². The molecule has 18 heavy (non-hydrogen) atoms. The molecule has 5 heteroatoms. The highest BCUT2D eigenvalue weighted by Crippen LogP contribution is 2.28. The van der Waals surface area contributed by atoms with Crippen molar-refractivity contribution < 1.29 is 13.2 Å². The van der Waals surface area contributed by atoms with Gasteiger partial charge in [-0.2, -0.15) is 13.2 Å². The van der Waals surface area contributed by atoms with Crippen molar-refractivity contribution in [2.24, 2.45) is 0 Å². The summed E-state index contributed by atoms with van der Waals surface area (Å²) in [5.41, 5.74) is 0.938. The van der Waals surface area contributed by atoms with E-state index < -0.39 is 11.9 Å². The van der Waals surface area contributed by atoms with Crippen LogP contribution >= 0.6 is 0 Å². The second-order valence-corrected chi connectivity index (χ2v) is 4.41. The zero-order valence-corrected chi connectivity index (χ0v) is 10.1. The fraction of sp³-hybridized carbons (Fsp3) is 0.308. The van der Waals surface area contributed by atoms with Crippen LogP contribution in [-0.4, -0.2) is 9.55 Å². The first-order chi connectivity index (χ1) is 8.38. The Balaban J connectivity index is 2.29. The van der Waals surface area contributed by atoms with Crippen molar-refractivity contribution in [3.8, 4) is 5.69 Å². The summed E-state index contributed by atoms with van der Waals surface area (Å²) in [6.45, 7) is 4.13. The maximum Gasteiger partial charge on any atom is 0.434 e. The number of rotatable bonds is 2. The van der Waals surface area contributed by atoms with E-state index in [9.17, 15) is 13.2 Å². The molecular weight excluding hydrogens is 241 g/mol. The molecule has 1 aromatic heterocycles. The molecule has 2 nitrogen and oxygen atoms in total. The summed E-state index contributed by atoms with van der Waals surface area (Å²) in [6, 6.07) is 7.40. The molecule has 1 aromatic carbocycles. The minimum atomic E-state index is -4.40. The van der Waals surface area contributed by atoms with E-state index in [-0.39, 0.29) is 0 Å². The highest BCUT2D eigenvalue weighted by Gasteiger charge is 2.33. The Labute approximate surface area is 103 Å². The highest BCUT2D eigenvalue weighted by atomic mass is 19.4. The van der Waals surface area contributed by atoms with Crippen molar-refractivity contribution in [3.63, 3.8) is 0 Å². The van der Waals surface area contributed by atoms with Crippen LogP contribution in [0.25, 0.3) is 5.69 Å². The number of imidazole rings is 1. The Morgan fingerprint density at radius 2 is 1.72 bits per heavy atom. The molecule has 0 aliphatic carbocycles. The van der Waals surface area contributed by atoms with Crippen LogP contribution in [0.4, 0.5) is 13.2 Å². The second kappa shape index (κ2) is 4.48. The van der Waals surface area contributed by atoms with Crippen LogP contribution < -0.4 is 0 Å². The minimum Gasteiger partial charge on any atom is -0.306 e. The molecule has 0 N–H and O–H groups in total. The molecule has 0 radical (unpaired) electrons. The molecule has 0 spiro atoms. The quantitative estimate of drug-likeness (QED) is 0.791. The summed E-state index contributed by atoms with van der Waals surface area (Å²) in [5.74, 6) is 0.396. The number of halogens is 3. The monoisotopic (exact) mass is 254 g/mol. The third-order valence-electron chi connectivity index (χ3n) is 2.73. The lowest BCUT2D eigenvalue weighted by molar-refractivity contribution is -0.140. The Morgan fingerprint density at radius 1 is 1.11 bits per heavy atom. The van der Waals surface area contributed by atoms with E-state index in [1.54, 1.807) is 12.1 Å². The number of benzene rings is 1. The van der Waals surface area contributed by atoms with Gasteiger partial charge < -0.3 is 4.57 Å². The Bertz CT molecular complexity index is 524. The van der Waals surface area contributed by atoms with Crippen LogP contribution in [0.1, 0.15) is 31.0 Å². The smallest absolute Gasteiger partial charge is 0.306 e. The normalized spacial score (nSPS) is 12.1. The number of nitrogens with zero attached hydrogens (tertiary/aromatic N) is 2. The number of aromatic nitrogens is 2. The summed E-state index contributed by atoms with van der Waals surface area (Å²) in [6.07, 6.45) is -2.24. The third kappa shape index (κ3) is 2.55. The van der Waals surface area contributed by atoms with Crippen molar-refractivity contribution in [1.29, 1.82) is 0 Å². The zero-order valence-electron chi connectivity index (χ0n) is 10.1. The van der Waals surface area contributed by atoms with Gasteiger partial charge in [-0.1, -0.05) is 26.0 Å². The van der Waals surface area contributed by atoms with Crippen molar-refractivity contribution >= 4 is 0 Å². The van der Waals surface area contributed by atoms with Crippen LogP contribution in [0, 0.1) is 0 Å². The van der Waals surface area contributed by atoms with Crippen molar-refractivity contribution in [1.82, 2.24) is 9.55 Å². The molecule has 0 amide bonds. The van der Waals surface area contributed by atoms with E-state index in [0.29, 0.717) is 11.6 Å². The molecule has 0 aliphatic rings. The van der Waals surface area contributed by atoms with Gasteiger partial charge in [-0.25, -0.2) is 4.98 Å². The molecule has 96 valence electrons. The van der Waals surface area contributed by atoms with Gasteiger partial charge in [0.1, 0.15) is 0 Å². The number of alkyl halides is 3. The molecule has 1 heterocycles. The average Bonchev–Trinajstić information content (AvgIpc) is 2.78. The fourth-order valence-corrected chi connectivity index (χ4v) is 1.64. The summed E-state index contributed by atoms with van der Waals surface area (Å²) >= 11 is 0. The van der Waals surface area contributed by atoms with Gasteiger partial charge in [-0.3, -0.25) is 0 Å². The van der Waals surface area contributed by atoms with Crippen LogP contribution in [0.5, 0.6) is 0 Å². The molecule has 0 bridgehead atoms. The maximum atomic E-state index is 12.4. The predicted molar refractivity (Wildman–Crippen MR) is 62.7 cm³/mol. The first-order valence-electron chi connectivity index (χ1n) is 5.59. The molecule has 0 saturated carbocycles. The van der Waals surface area contributed by atoms with Crippen LogP contribution in [0.15, 0.2) is 36.8 Å². The zero-order chi connectivity index (χ0) is 13.3. The summed E-state index contributed by atoms with van der Waals surface area (Å²) < 4.78 is 38.6. The molecule has 2 aromatic rings. The standard InChI is InChI=1S/C13H13F3N2/c1-9(2)10-3-5-11(6-4-10)18-7-12(17-8-18)13(14,15)16/h3-9H,1-2H3. The lowest BCUT2D eigenvalue weighted by Gasteiger charge is -2.07. The lowest BCUT2D eigenvalue weighted by Crippen LogP contribution is -2.04. The van der Waals surface area contributed by atoms with E-state index in [2.05, 4.69) is 18.8 Å². The molecule has 0 unspecified atom stereocenters. The molecule has 2 rings (SSSR count). The molecule has 0 fully saturated rings. The van der Waals surface area contributed by atoms with Gasteiger partial charge in [0, 0.05) is 11.9 Å². The first kappa shape index (κ1) is 12.7. The number of hydrogen-bond acceptors (Lipinski definition) is 1. The van der Waals surface area contributed by atoms with Crippen LogP contribution in [0.2, 0.25) is 0 Å². The largest absolute Gasteiger partial charge is 0.434 e. The van der Waals surface area contributed by atoms with E-state index in [0.717, 1.165) is 11.8 Å². The van der Waals surface area contributed by atoms with Crippen molar-refractivity contribution in [3.05, 3.63) is 48.0 Å². The summed E-state index contributed by atoms with van der Waals surface area (Å²) in [5, 5.41) is 0. The lowest BCUT2D eigenvalue weighted by atomic mass is 10.0. The van der Waals surface area contributed by atoms with E-state index in [4.69, 9.17) is 0 Å². The Kier molecular flexibility index (Phi) is 3.15. The van der Waals surface area contributed by atoms with Crippen molar-refractivity contribution in [2.45, 2.75) is 25.9 Å². The molecule has 0 saturated heterocycles. The van der Waals surface area contributed by atoms with E-state index in [1.165, 1.54) is 10.9 Å². The van der Waals surface area contributed by atoms with Gasteiger partial charge in [0.05, 0.1) is 6.33 Å². The maximum absolute atomic E-state index is 12.4. The first-order valence-corrected chi connectivity index (χ1v) is 5.59. The minimum absolute atomic E-state index is 0.396. The summed E-state index contributed by atoms with van der Waals surface area (Å²) in [7, 11) is 0. The van der Waals surface area contributed by atoms with Crippen LogP contribution in [0.3, 0.4) is 0 Å². The molecular formula is C13H13F3N2. The topological polar surface area (TPSA) is 17.8 Å². The van der Waals surface area contributed by atoms with E-state index >= 15 is 0 Å². The van der Waals surface area contributed by atoms with Gasteiger partial charge in [0.15, 0.2) is 5.69 Å². The van der Waals surface area contributed by atoms with Gasteiger partial charge >= 0.3 is 6.18 Å². The molecule has 0 aliphatic heterocycles. The van der Waals surface area contributed by atoms with Gasteiger partial charge in [-0.15, -0.1) is 0 Å². The average molecular weight is 254 g/mol. The van der Waals surface area contributed by atoms with Crippen LogP contribution in [-0.2, 0) is 6.18 Å². The number of hydrogen-bond donors (Lipinski definition) is 0. The summed E-state index contributed by atoms with van der Waals surface area (Å²) in [4.78, 5) is 3.36. The van der Waals surface area contributed by atoms with Gasteiger partial charge in [0.2, 0.25) is 0 Å². The third-order valence-corrected chi connectivity index (χ3v) is 2.73. The highest BCUT2D eigenvalue weighted by molar-refractivity contribution is 5.36. The predicted octanol–water partition coefficient (Wildman–Crippen LogP) is 4.01. The molecule has 0 atom stereocenters. The Hall–Kier alpha value is -1.78. The fourth-order valence-electron chi connectivity index (χ4n) is 1.64. The SMILES string of the molecule is CC(C)c1ccc(-n2cnc(C(F)(F)F)c2)cc1. The second-order valence-electron chi connectivity index (χ2n) is 4.41.